The Morgan fingerprint density at radius 1 is 1.18 bits per heavy atom. The van der Waals surface area contributed by atoms with Gasteiger partial charge in [0.2, 0.25) is 5.88 Å². The maximum Gasteiger partial charge on any atom is 0.425 e. The predicted octanol–water partition coefficient (Wildman–Crippen LogP) is 5.87. The zero-order valence-electron chi connectivity index (χ0n) is 22.5. The average molecular weight is 549 g/mol. The standard InChI is InChI=1S/C29H36F4N4O2/c1-20(29(31,32)33)39-27-6-4-24-9-14-37(15-10-26(24)36-27)16-13-28(30)11-7-22(8-12-28)17-25(38)5-3-23-18-34-21(2)35-19-23/h3-6,18-20,22H,7-17H2,1-2H3/b5-3+/t20-,22?,28?/m1/s1. The van der Waals surface area contributed by atoms with Crippen molar-refractivity contribution in [3.63, 3.8) is 0 Å². The molecule has 0 saturated heterocycles. The number of aryl methyl sites for hydroxylation is 1. The first-order valence-electron chi connectivity index (χ1n) is 13.6. The minimum atomic E-state index is -4.45. The average Bonchev–Trinajstić information content (AvgIpc) is 3.10. The summed E-state index contributed by atoms with van der Waals surface area (Å²) in [5, 5.41) is 0. The Balaban J connectivity index is 1.20. The molecule has 2 aromatic heterocycles. The maximum atomic E-state index is 15.6. The van der Waals surface area contributed by atoms with E-state index in [-0.39, 0.29) is 17.6 Å². The first-order chi connectivity index (χ1) is 18.5. The van der Waals surface area contributed by atoms with Crippen molar-refractivity contribution in [2.45, 2.75) is 83.2 Å². The van der Waals surface area contributed by atoms with Gasteiger partial charge in [-0.05, 0) is 76.0 Å². The molecule has 6 nitrogen and oxygen atoms in total. The predicted molar refractivity (Wildman–Crippen MR) is 140 cm³/mol. The molecular formula is C29H36F4N4O2. The van der Waals surface area contributed by atoms with Crippen molar-refractivity contribution in [3.05, 3.63) is 53.2 Å². The fraction of sp³-hybridized carbons (Fsp3) is 0.586. The molecule has 0 unspecified atom stereocenters. The summed E-state index contributed by atoms with van der Waals surface area (Å²) in [4.78, 5) is 27.2. The molecule has 1 saturated carbocycles. The van der Waals surface area contributed by atoms with Gasteiger partial charge in [-0.2, -0.15) is 13.2 Å². The molecule has 1 fully saturated rings. The number of allylic oxidation sites excluding steroid dienone is 1. The molecule has 212 valence electrons. The highest BCUT2D eigenvalue weighted by Gasteiger charge is 2.38. The highest BCUT2D eigenvalue weighted by atomic mass is 19.4. The van der Waals surface area contributed by atoms with Crippen LogP contribution in [0.4, 0.5) is 17.6 Å². The fourth-order valence-electron chi connectivity index (χ4n) is 5.18. The van der Waals surface area contributed by atoms with E-state index in [4.69, 9.17) is 4.74 Å². The van der Waals surface area contributed by atoms with Crippen LogP contribution in [-0.4, -0.2) is 63.2 Å². The Morgan fingerprint density at radius 2 is 1.87 bits per heavy atom. The van der Waals surface area contributed by atoms with Crippen molar-refractivity contribution in [2.75, 3.05) is 19.6 Å². The molecule has 0 spiro atoms. The number of carbonyl (C=O) groups excluding carboxylic acids is 1. The maximum absolute atomic E-state index is 15.6. The van der Waals surface area contributed by atoms with E-state index in [0.29, 0.717) is 70.3 Å². The van der Waals surface area contributed by atoms with Gasteiger partial charge in [0, 0.05) is 62.2 Å². The van der Waals surface area contributed by atoms with Crippen molar-refractivity contribution in [2.24, 2.45) is 5.92 Å². The molecule has 1 atom stereocenters. The summed E-state index contributed by atoms with van der Waals surface area (Å²) in [6, 6.07) is 3.27. The third-order valence-electron chi connectivity index (χ3n) is 7.79. The number of nitrogens with zero attached hydrogens (tertiary/aromatic N) is 4. The summed E-state index contributed by atoms with van der Waals surface area (Å²) in [7, 11) is 0. The lowest BCUT2D eigenvalue weighted by Crippen LogP contribution is -2.36. The summed E-state index contributed by atoms with van der Waals surface area (Å²) in [5.74, 6) is 0.876. The van der Waals surface area contributed by atoms with Crippen molar-refractivity contribution >= 4 is 11.9 Å². The van der Waals surface area contributed by atoms with Gasteiger partial charge in [0.25, 0.3) is 0 Å². The molecule has 0 aromatic carbocycles. The molecule has 0 radical (unpaired) electrons. The normalized spacial score (nSPS) is 23.3. The SMILES string of the molecule is Cc1ncc(/C=C/C(=O)CC2CCC(F)(CCN3CCc4ccc(O[C@H](C)C(F)(F)F)nc4CC3)CC2)cn1. The zero-order chi connectivity index (χ0) is 28.0. The van der Waals surface area contributed by atoms with Crippen LogP contribution < -0.4 is 4.74 Å². The van der Waals surface area contributed by atoms with Gasteiger partial charge in [-0.3, -0.25) is 4.79 Å². The van der Waals surface area contributed by atoms with Crippen LogP contribution in [0.3, 0.4) is 0 Å². The molecule has 2 aromatic rings. The smallest absolute Gasteiger partial charge is 0.425 e. The van der Waals surface area contributed by atoms with Crippen LogP contribution in [0.15, 0.2) is 30.6 Å². The van der Waals surface area contributed by atoms with E-state index in [1.54, 1.807) is 37.5 Å². The van der Waals surface area contributed by atoms with Crippen molar-refractivity contribution in [3.8, 4) is 5.88 Å². The number of aromatic nitrogens is 3. The van der Waals surface area contributed by atoms with E-state index in [1.165, 1.54) is 6.07 Å². The van der Waals surface area contributed by atoms with E-state index in [1.807, 2.05) is 0 Å². The first-order valence-corrected chi connectivity index (χ1v) is 13.6. The Kier molecular flexibility index (Phi) is 9.35. The van der Waals surface area contributed by atoms with Crippen LogP contribution in [0.2, 0.25) is 0 Å². The molecule has 3 heterocycles. The number of halogens is 4. The van der Waals surface area contributed by atoms with Crippen LogP contribution in [0.25, 0.3) is 6.08 Å². The van der Waals surface area contributed by atoms with Crippen LogP contribution in [-0.2, 0) is 17.6 Å². The molecule has 2 aliphatic rings. The van der Waals surface area contributed by atoms with Crippen LogP contribution in [0.5, 0.6) is 5.88 Å². The van der Waals surface area contributed by atoms with Crippen LogP contribution in [0, 0.1) is 12.8 Å². The van der Waals surface area contributed by atoms with Gasteiger partial charge in [0.1, 0.15) is 11.5 Å². The number of fused-ring (bicyclic) bond motifs is 1. The molecule has 1 aliphatic heterocycles. The molecule has 10 heteroatoms. The lowest BCUT2D eigenvalue weighted by molar-refractivity contribution is -0.190. The molecular weight excluding hydrogens is 512 g/mol. The third-order valence-corrected chi connectivity index (χ3v) is 7.79. The number of ether oxygens (including phenoxy) is 1. The van der Waals surface area contributed by atoms with Crippen molar-refractivity contribution in [1.82, 2.24) is 19.9 Å². The molecule has 0 N–H and O–H groups in total. The van der Waals surface area contributed by atoms with E-state index < -0.39 is 17.9 Å². The molecule has 0 amide bonds. The summed E-state index contributed by atoms with van der Waals surface area (Å²) in [6.45, 7) is 4.80. The number of hydrogen-bond donors (Lipinski definition) is 0. The van der Waals surface area contributed by atoms with Gasteiger partial charge in [-0.15, -0.1) is 0 Å². The van der Waals surface area contributed by atoms with Crippen molar-refractivity contribution in [1.29, 1.82) is 0 Å². The zero-order valence-corrected chi connectivity index (χ0v) is 22.5. The first kappa shape index (κ1) is 29.1. The Hall–Kier alpha value is -2.88. The van der Waals surface area contributed by atoms with Gasteiger partial charge in [-0.1, -0.05) is 6.07 Å². The highest BCUT2D eigenvalue weighted by molar-refractivity contribution is 5.93. The second-order valence-corrected chi connectivity index (χ2v) is 10.8. The second-order valence-electron chi connectivity index (χ2n) is 10.8. The molecule has 1 aliphatic carbocycles. The lowest BCUT2D eigenvalue weighted by Gasteiger charge is -2.35. The number of pyridine rings is 1. The molecule has 39 heavy (non-hydrogen) atoms. The number of ketones is 1. The number of alkyl halides is 4. The van der Waals surface area contributed by atoms with E-state index in [2.05, 4.69) is 19.9 Å². The highest BCUT2D eigenvalue weighted by Crippen LogP contribution is 2.39. The number of rotatable bonds is 9. The largest absolute Gasteiger partial charge is 0.465 e. The second kappa shape index (κ2) is 12.5. The quantitative estimate of drug-likeness (QED) is 0.288. The van der Waals surface area contributed by atoms with Gasteiger partial charge in [0.05, 0.1) is 0 Å². The van der Waals surface area contributed by atoms with Gasteiger partial charge in [-0.25, -0.2) is 19.3 Å². The van der Waals surface area contributed by atoms with Gasteiger partial charge in [0.15, 0.2) is 11.9 Å². The summed E-state index contributed by atoms with van der Waals surface area (Å²) < 4.78 is 59.1. The minimum Gasteiger partial charge on any atom is -0.465 e. The van der Waals surface area contributed by atoms with Gasteiger partial charge < -0.3 is 9.64 Å². The molecule has 0 bridgehead atoms. The van der Waals surface area contributed by atoms with Gasteiger partial charge >= 0.3 is 6.18 Å². The fourth-order valence-corrected chi connectivity index (χ4v) is 5.18. The molecule has 4 rings (SSSR count). The van der Waals surface area contributed by atoms with E-state index in [0.717, 1.165) is 30.3 Å². The minimum absolute atomic E-state index is 0.0235. The lowest BCUT2D eigenvalue weighted by atomic mass is 9.76. The summed E-state index contributed by atoms with van der Waals surface area (Å²) >= 11 is 0. The Morgan fingerprint density at radius 3 is 2.56 bits per heavy atom. The van der Waals surface area contributed by atoms with Crippen molar-refractivity contribution < 1.29 is 27.1 Å². The number of carbonyl (C=O) groups is 1. The Bertz CT molecular complexity index is 1140. The topological polar surface area (TPSA) is 68.2 Å². The Labute approximate surface area is 226 Å². The number of hydrogen-bond acceptors (Lipinski definition) is 6. The monoisotopic (exact) mass is 548 g/mol. The van der Waals surface area contributed by atoms with Crippen LogP contribution >= 0.6 is 0 Å². The van der Waals surface area contributed by atoms with Crippen LogP contribution in [0.1, 0.15) is 68.1 Å². The van der Waals surface area contributed by atoms with E-state index >= 15 is 4.39 Å². The summed E-state index contributed by atoms with van der Waals surface area (Å²) in [6.07, 6.45) is 4.69. The van der Waals surface area contributed by atoms with E-state index in [9.17, 15) is 18.0 Å². The summed E-state index contributed by atoms with van der Waals surface area (Å²) in [5.41, 5.74) is 1.28. The third kappa shape index (κ3) is 8.55.